The number of piperazine rings is 1. The molecule has 2 aromatic rings. The Morgan fingerprint density at radius 1 is 1.13 bits per heavy atom. The van der Waals surface area contributed by atoms with Crippen LogP contribution in [0.15, 0.2) is 42.5 Å². The lowest BCUT2D eigenvalue weighted by Crippen LogP contribution is -2.49. The third kappa shape index (κ3) is 5.55. The van der Waals surface area contributed by atoms with Gasteiger partial charge in [0.2, 0.25) is 0 Å². The first kappa shape index (κ1) is 21.7. The maximum absolute atomic E-state index is 12.4. The van der Waals surface area contributed by atoms with E-state index in [2.05, 4.69) is 30.0 Å². The van der Waals surface area contributed by atoms with Crippen LogP contribution in [0.2, 0.25) is 5.02 Å². The van der Waals surface area contributed by atoms with Crippen molar-refractivity contribution in [1.82, 2.24) is 9.80 Å². The summed E-state index contributed by atoms with van der Waals surface area (Å²) >= 11 is 5.74. The van der Waals surface area contributed by atoms with Crippen molar-refractivity contribution in [3.8, 4) is 0 Å². The Morgan fingerprint density at radius 3 is 2.53 bits per heavy atom. The van der Waals surface area contributed by atoms with Crippen molar-refractivity contribution >= 4 is 29.2 Å². The molecule has 0 aromatic heterocycles. The van der Waals surface area contributed by atoms with E-state index >= 15 is 0 Å². The fraction of sp³-hybridized carbons (Fsp3) is 0.333. The molecule has 9 heteroatoms. The zero-order valence-electron chi connectivity index (χ0n) is 16.5. The van der Waals surface area contributed by atoms with Crippen LogP contribution in [0.25, 0.3) is 0 Å². The maximum atomic E-state index is 12.4. The molecule has 1 aliphatic heterocycles. The van der Waals surface area contributed by atoms with Gasteiger partial charge in [-0.15, -0.1) is 0 Å². The van der Waals surface area contributed by atoms with Crippen LogP contribution in [0, 0.1) is 17.0 Å². The van der Waals surface area contributed by atoms with E-state index in [0.29, 0.717) is 13.1 Å². The van der Waals surface area contributed by atoms with Gasteiger partial charge in [0.25, 0.3) is 11.6 Å². The Labute approximate surface area is 179 Å². The molecule has 1 saturated heterocycles. The van der Waals surface area contributed by atoms with E-state index in [1.807, 2.05) is 6.07 Å². The van der Waals surface area contributed by atoms with E-state index in [-0.39, 0.29) is 16.5 Å². The fourth-order valence-electron chi connectivity index (χ4n) is 3.35. The fourth-order valence-corrected chi connectivity index (χ4v) is 3.52. The second-order valence-corrected chi connectivity index (χ2v) is 7.58. The van der Waals surface area contributed by atoms with Crippen molar-refractivity contribution in [3.05, 3.63) is 74.3 Å². The number of rotatable bonds is 6. The third-order valence-corrected chi connectivity index (χ3v) is 5.15. The minimum Gasteiger partial charge on any atom is -0.452 e. The second kappa shape index (κ2) is 9.69. The lowest BCUT2D eigenvalue weighted by Gasteiger charge is -2.34. The highest BCUT2D eigenvalue weighted by Crippen LogP contribution is 2.24. The number of aryl methyl sites for hydroxylation is 1. The highest BCUT2D eigenvalue weighted by molar-refractivity contribution is 6.31. The minimum absolute atomic E-state index is 0.137. The van der Waals surface area contributed by atoms with Gasteiger partial charge in [0.15, 0.2) is 6.61 Å². The number of esters is 1. The number of nitrogens with zero attached hydrogens (tertiary/aromatic N) is 3. The summed E-state index contributed by atoms with van der Waals surface area (Å²) in [5, 5.41) is 11.2. The van der Waals surface area contributed by atoms with Crippen molar-refractivity contribution < 1.29 is 19.2 Å². The zero-order chi connectivity index (χ0) is 21.7. The summed E-state index contributed by atoms with van der Waals surface area (Å²) in [6.07, 6.45) is 0. The van der Waals surface area contributed by atoms with Crippen molar-refractivity contribution in [3.63, 3.8) is 0 Å². The van der Waals surface area contributed by atoms with Crippen molar-refractivity contribution in [1.29, 1.82) is 0 Å². The Balaban J connectivity index is 1.49. The number of benzene rings is 2. The monoisotopic (exact) mass is 431 g/mol. The second-order valence-electron chi connectivity index (χ2n) is 7.14. The summed E-state index contributed by atoms with van der Waals surface area (Å²) in [5.74, 6) is -1.25. The smallest absolute Gasteiger partial charge is 0.345 e. The predicted molar refractivity (Wildman–Crippen MR) is 111 cm³/mol. The molecule has 0 N–H and O–H groups in total. The van der Waals surface area contributed by atoms with Crippen molar-refractivity contribution in [2.45, 2.75) is 13.5 Å². The summed E-state index contributed by atoms with van der Waals surface area (Å²) in [6.45, 7) is 4.91. The molecule has 1 heterocycles. The van der Waals surface area contributed by atoms with Gasteiger partial charge in [0, 0.05) is 43.8 Å². The number of hydrogen-bond donors (Lipinski definition) is 0. The van der Waals surface area contributed by atoms with Crippen LogP contribution >= 0.6 is 11.6 Å². The molecule has 0 aliphatic carbocycles. The van der Waals surface area contributed by atoms with Crippen LogP contribution in [-0.2, 0) is 16.1 Å². The molecular formula is C21H22ClN3O5. The van der Waals surface area contributed by atoms with E-state index in [0.717, 1.165) is 25.7 Å². The Bertz CT molecular complexity index is 957. The predicted octanol–water partition coefficient (Wildman–Crippen LogP) is 3.06. The average Bonchev–Trinajstić information content (AvgIpc) is 2.72. The Hall–Kier alpha value is -2.97. The molecular weight excluding hydrogens is 410 g/mol. The van der Waals surface area contributed by atoms with E-state index in [1.165, 1.54) is 23.3 Å². The van der Waals surface area contributed by atoms with Crippen molar-refractivity contribution in [2.75, 3.05) is 32.8 Å². The Kier molecular flexibility index (Phi) is 7.02. The van der Waals surface area contributed by atoms with Gasteiger partial charge < -0.3 is 9.64 Å². The molecule has 0 bridgehead atoms. The third-order valence-electron chi connectivity index (χ3n) is 4.92. The van der Waals surface area contributed by atoms with Crippen LogP contribution in [0.5, 0.6) is 0 Å². The number of nitro benzene ring substituents is 1. The zero-order valence-corrected chi connectivity index (χ0v) is 17.3. The van der Waals surface area contributed by atoms with E-state index in [1.54, 1.807) is 4.90 Å². The molecule has 0 radical (unpaired) electrons. The minimum atomic E-state index is -0.926. The quantitative estimate of drug-likeness (QED) is 0.396. The lowest BCUT2D eigenvalue weighted by atomic mass is 10.1. The summed E-state index contributed by atoms with van der Waals surface area (Å²) in [4.78, 5) is 38.9. The first-order valence-corrected chi connectivity index (χ1v) is 9.88. The van der Waals surface area contributed by atoms with Gasteiger partial charge in [-0.05, 0) is 24.6 Å². The molecule has 0 spiro atoms. The first-order chi connectivity index (χ1) is 14.3. The lowest BCUT2D eigenvalue weighted by molar-refractivity contribution is -0.385. The SMILES string of the molecule is Cc1cccc(CN2CCN(C(=O)COC(=O)c3ccc(Cl)cc3[N+](=O)[O-])CC2)c1. The topological polar surface area (TPSA) is 93.0 Å². The van der Waals surface area contributed by atoms with E-state index < -0.39 is 23.2 Å². The summed E-state index contributed by atoms with van der Waals surface area (Å²) < 4.78 is 5.02. The highest BCUT2D eigenvalue weighted by Gasteiger charge is 2.25. The molecule has 1 amide bonds. The first-order valence-electron chi connectivity index (χ1n) is 9.50. The number of carbonyl (C=O) groups excluding carboxylic acids is 2. The van der Waals surface area contributed by atoms with Crippen molar-refractivity contribution in [2.24, 2.45) is 0 Å². The van der Waals surface area contributed by atoms with Gasteiger partial charge in [-0.3, -0.25) is 19.8 Å². The van der Waals surface area contributed by atoms with Gasteiger partial charge in [-0.1, -0.05) is 41.4 Å². The summed E-state index contributed by atoms with van der Waals surface area (Å²) in [5.41, 5.74) is 1.75. The molecule has 0 unspecified atom stereocenters. The van der Waals surface area contributed by atoms with Crippen LogP contribution in [0.3, 0.4) is 0 Å². The Morgan fingerprint density at radius 2 is 1.87 bits per heavy atom. The molecule has 0 saturated carbocycles. The number of carbonyl (C=O) groups is 2. The van der Waals surface area contributed by atoms with Gasteiger partial charge in [-0.2, -0.15) is 0 Å². The average molecular weight is 432 g/mol. The largest absolute Gasteiger partial charge is 0.452 e. The molecule has 0 atom stereocenters. The number of hydrogen-bond acceptors (Lipinski definition) is 6. The number of ether oxygens (including phenoxy) is 1. The van der Waals surface area contributed by atoms with Gasteiger partial charge in [-0.25, -0.2) is 4.79 Å². The molecule has 1 aliphatic rings. The number of amides is 1. The van der Waals surface area contributed by atoms with Crippen LogP contribution in [0.4, 0.5) is 5.69 Å². The number of nitro groups is 1. The number of halogens is 1. The molecule has 1 fully saturated rings. The summed E-state index contributed by atoms with van der Waals surface area (Å²) in [6, 6.07) is 12.0. The molecule has 158 valence electrons. The van der Waals surface area contributed by atoms with Crippen LogP contribution in [-0.4, -0.2) is 59.4 Å². The molecule has 8 nitrogen and oxygen atoms in total. The van der Waals surface area contributed by atoms with Gasteiger partial charge >= 0.3 is 5.97 Å². The van der Waals surface area contributed by atoms with Gasteiger partial charge in [0.05, 0.1) is 4.92 Å². The molecule has 3 rings (SSSR count). The molecule has 30 heavy (non-hydrogen) atoms. The normalized spacial score (nSPS) is 14.4. The van der Waals surface area contributed by atoms with Crippen LogP contribution in [0.1, 0.15) is 21.5 Å². The summed E-state index contributed by atoms with van der Waals surface area (Å²) in [7, 11) is 0. The van der Waals surface area contributed by atoms with Crippen LogP contribution < -0.4 is 0 Å². The van der Waals surface area contributed by atoms with E-state index in [9.17, 15) is 19.7 Å². The maximum Gasteiger partial charge on any atom is 0.345 e. The van der Waals surface area contributed by atoms with E-state index in [4.69, 9.17) is 16.3 Å². The molecule has 2 aromatic carbocycles. The highest BCUT2D eigenvalue weighted by atomic mass is 35.5. The van der Waals surface area contributed by atoms with Gasteiger partial charge in [0.1, 0.15) is 5.56 Å². The standard InChI is InChI=1S/C21H22ClN3O5/c1-15-3-2-4-16(11-15)13-23-7-9-24(10-8-23)20(26)14-30-21(27)18-6-5-17(22)12-19(18)25(28)29/h2-6,11-12H,7-10,13-14H2,1H3.